The zero-order chi connectivity index (χ0) is 17.9. The normalized spacial score (nSPS) is 31.7. The van der Waals surface area contributed by atoms with Crippen molar-refractivity contribution in [3.8, 4) is 11.1 Å². The number of carbonyl (C=O) groups is 2. The third kappa shape index (κ3) is 1.92. The van der Waals surface area contributed by atoms with E-state index in [1.54, 1.807) is 24.3 Å². The van der Waals surface area contributed by atoms with Gasteiger partial charge in [-0.2, -0.15) is 0 Å². The summed E-state index contributed by atoms with van der Waals surface area (Å²) < 4.78 is 5.75. The Bertz CT molecular complexity index is 921. The predicted molar refractivity (Wildman–Crippen MR) is 95.2 cm³/mol. The summed E-state index contributed by atoms with van der Waals surface area (Å²) in [5, 5.41) is 9.76. The summed E-state index contributed by atoms with van der Waals surface area (Å²) in [6.07, 6.45) is 3.08. The smallest absolute Gasteiger partial charge is 0.241 e. The molecule has 0 aliphatic carbocycles. The van der Waals surface area contributed by atoms with E-state index < -0.39 is 23.5 Å². The second-order valence-corrected chi connectivity index (χ2v) is 6.98. The average Bonchev–Trinajstić information content (AvgIpc) is 3.33. The van der Waals surface area contributed by atoms with Gasteiger partial charge in [0.25, 0.3) is 0 Å². The Balaban J connectivity index is 1.49. The molecule has 2 saturated heterocycles. The van der Waals surface area contributed by atoms with Crippen LogP contribution < -0.4 is 4.90 Å². The highest BCUT2D eigenvalue weighted by Crippen LogP contribution is 2.52. The summed E-state index contributed by atoms with van der Waals surface area (Å²) in [6.45, 7) is -0.305. The predicted octanol–water partition coefficient (Wildman–Crippen LogP) is 2.16. The van der Waals surface area contributed by atoms with E-state index in [-0.39, 0.29) is 18.4 Å². The number of nitrogens with zero attached hydrogens (tertiary/aromatic N) is 1. The summed E-state index contributed by atoms with van der Waals surface area (Å²) >= 11 is 0. The van der Waals surface area contributed by atoms with Crippen LogP contribution in [0, 0.1) is 11.8 Å². The number of ether oxygens (including phenoxy) is 1. The molecule has 26 heavy (non-hydrogen) atoms. The van der Waals surface area contributed by atoms with Crippen molar-refractivity contribution in [2.24, 2.45) is 11.8 Å². The van der Waals surface area contributed by atoms with Gasteiger partial charge in [0.15, 0.2) is 0 Å². The number of carbonyl (C=O) groups excluding carboxylic acids is 2. The quantitative estimate of drug-likeness (QED) is 0.682. The average molecular weight is 347 g/mol. The highest BCUT2D eigenvalue weighted by molar-refractivity contribution is 6.23. The van der Waals surface area contributed by atoms with Crippen LogP contribution in [-0.4, -0.2) is 35.2 Å². The Hall–Kier alpha value is -2.76. The maximum atomic E-state index is 13.0. The van der Waals surface area contributed by atoms with E-state index >= 15 is 0 Å². The van der Waals surface area contributed by atoms with Crippen molar-refractivity contribution in [3.63, 3.8) is 0 Å². The number of amides is 2. The van der Waals surface area contributed by atoms with Gasteiger partial charge in [-0.15, -0.1) is 0 Å². The number of hydrogen-bond acceptors (Lipinski definition) is 4. The van der Waals surface area contributed by atoms with E-state index in [1.807, 2.05) is 42.5 Å². The SMILES string of the molecule is O=C1[C@H]2[C@@H](C(=O)N1c1ccc(-c3ccccc3)cc1)[C@]1(CO)C=C[C@H]2O1. The van der Waals surface area contributed by atoms with Crippen molar-refractivity contribution in [3.05, 3.63) is 66.7 Å². The first-order valence-electron chi connectivity index (χ1n) is 8.66. The third-order valence-electron chi connectivity index (χ3n) is 5.63. The molecule has 3 heterocycles. The van der Waals surface area contributed by atoms with Gasteiger partial charge < -0.3 is 9.84 Å². The molecule has 3 aliphatic heterocycles. The minimum absolute atomic E-state index is 0.253. The van der Waals surface area contributed by atoms with Gasteiger partial charge in [-0.3, -0.25) is 9.59 Å². The van der Waals surface area contributed by atoms with E-state index in [1.165, 1.54) is 4.90 Å². The first kappa shape index (κ1) is 15.5. The number of fused-ring (bicyclic) bond motifs is 5. The number of rotatable bonds is 3. The van der Waals surface area contributed by atoms with E-state index in [0.29, 0.717) is 5.69 Å². The zero-order valence-corrected chi connectivity index (χ0v) is 13.9. The molecule has 0 unspecified atom stereocenters. The molecule has 1 N–H and O–H groups in total. The lowest BCUT2D eigenvalue weighted by Gasteiger charge is -2.26. The lowest BCUT2D eigenvalue weighted by Crippen LogP contribution is -2.43. The van der Waals surface area contributed by atoms with Crippen LogP contribution in [-0.2, 0) is 14.3 Å². The molecule has 0 spiro atoms. The first-order valence-corrected chi connectivity index (χ1v) is 8.66. The number of anilines is 1. The molecule has 2 aromatic carbocycles. The number of aliphatic hydroxyl groups excluding tert-OH is 1. The lowest BCUT2D eigenvalue weighted by atomic mass is 9.77. The van der Waals surface area contributed by atoms with Gasteiger partial charge in [0.2, 0.25) is 11.8 Å². The van der Waals surface area contributed by atoms with Crippen LogP contribution in [0.1, 0.15) is 0 Å². The second-order valence-electron chi connectivity index (χ2n) is 6.98. The van der Waals surface area contributed by atoms with Crippen LogP contribution in [0.25, 0.3) is 11.1 Å². The third-order valence-corrected chi connectivity index (χ3v) is 5.63. The monoisotopic (exact) mass is 347 g/mol. The molecular formula is C21H17NO4. The summed E-state index contributed by atoms with van der Waals surface area (Å²) in [6, 6.07) is 17.3. The Labute approximate surface area is 150 Å². The highest BCUT2D eigenvalue weighted by Gasteiger charge is 2.67. The molecular weight excluding hydrogens is 330 g/mol. The topological polar surface area (TPSA) is 66.8 Å². The summed E-state index contributed by atoms with van der Waals surface area (Å²) in [7, 11) is 0. The van der Waals surface area contributed by atoms with Gasteiger partial charge in [0, 0.05) is 0 Å². The Morgan fingerprint density at radius 1 is 0.962 bits per heavy atom. The maximum absolute atomic E-state index is 13.0. The molecule has 5 heteroatoms. The minimum atomic E-state index is -1.05. The van der Waals surface area contributed by atoms with Gasteiger partial charge in [-0.1, -0.05) is 54.6 Å². The van der Waals surface area contributed by atoms with Crippen LogP contribution in [0.3, 0.4) is 0 Å². The van der Waals surface area contributed by atoms with Crippen LogP contribution >= 0.6 is 0 Å². The second kappa shape index (κ2) is 5.37. The largest absolute Gasteiger partial charge is 0.393 e. The lowest BCUT2D eigenvalue weighted by molar-refractivity contribution is -0.128. The standard InChI is InChI=1S/C21H17NO4/c23-12-21-11-10-16(26-21)17-18(21)20(25)22(19(17)24)15-8-6-14(7-9-15)13-4-2-1-3-5-13/h1-11,16-18,23H,12H2/t16-,17-,18+,21-/m1/s1. The van der Waals surface area contributed by atoms with Crippen LogP contribution in [0.15, 0.2) is 66.7 Å². The van der Waals surface area contributed by atoms with Crippen LogP contribution in [0.5, 0.6) is 0 Å². The summed E-state index contributed by atoms with van der Waals surface area (Å²) in [5.74, 6) is -1.75. The zero-order valence-electron chi connectivity index (χ0n) is 13.9. The molecule has 0 saturated carbocycles. The fourth-order valence-electron chi connectivity index (χ4n) is 4.37. The van der Waals surface area contributed by atoms with Crippen molar-refractivity contribution >= 4 is 17.5 Å². The van der Waals surface area contributed by atoms with E-state index in [0.717, 1.165) is 11.1 Å². The fourth-order valence-corrected chi connectivity index (χ4v) is 4.37. The van der Waals surface area contributed by atoms with Crippen molar-refractivity contribution in [2.75, 3.05) is 11.5 Å². The molecule has 4 atom stereocenters. The maximum Gasteiger partial charge on any atom is 0.241 e. The first-order chi connectivity index (χ1) is 12.6. The van der Waals surface area contributed by atoms with Gasteiger partial charge in [0.1, 0.15) is 5.60 Å². The summed E-state index contributed by atoms with van der Waals surface area (Å²) in [5.41, 5.74) is 1.60. The molecule has 130 valence electrons. The van der Waals surface area contributed by atoms with Crippen molar-refractivity contribution < 1.29 is 19.4 Å². The number of hydrogen-bond donors (Lipinski definition) is 1. The van der Waals surface area contributed by atoms with Crippen molar-refractivity contribution in [1.82, 2.24) is 0 Å². The molecule has 2 amide bonds. The number of benzene rings is 2. The molecule has 0 aromatic heterocycles. The van der Waals surface area contributed by atoms with E-state index in [2.05, 4.69) is 0 Å². The Kier molecular flexibility index (Phi) is 3.20. The molecule has 2 fully saturated rings. The molecule has 2 bridgehead atoms. The fraction of sp³-hybridized carbons (Fsp3) is 0.238. The van der Waals surface area contributed by atoms with E-state index in [4.69, 9.17) is 4.74 Å². The molecule has 0 radical (unpaired) electrons. The Morgan fingerprint density at radius 3 is 2.35 bits per heavy atom. The van der Waals surface area contributed by atoms with Gasteiger partial charge in [0.05, 0.1) is 30.2 Å². The van der Waals surface area contributed by atoms with Gasteiger partial charge in [-0.05, 0) is 23.3 Å². The molecule has 2 aromatic rings. The minimum Gasteiger partial charge on any atom is -0.393 e. The van der Waals surface area contributed by atoms with Crippen LogP contribution in [0.2, 0.25) is 0 Å². The van der Waals surface area contributed by atoms with Crippen LogP contribution in [0.4, 0.5) is 5.69 Å². The van der Waals surface area contributed by atoms with Gasteiger partial charge >= 0.3 is 0 Å². The highest BCUT2D eigenvalue weighted by atomic mass is 16.5. The molecule has 5 nitrogen and oxygen atoms in total. The molecule has 5 rings (SSSR count). The number of aliphatic hydroxyl groups is 1. The van der Waals surface area contributed by atoms with Crippen molar-refractivity contribution in [2.45, 2.75) is 11.7 Å². The molecule has 3 aliphatic rings. The van der Waals surface area contributed by atoms with E-state index in [9.17, 15) is 14.7 Å². The number of imide groups is 1. The summed E-state index contributed by atoms with van der Waals surface area (Å²) in [4.78, 5) is 27.1. The Morgan fingerprint density at radius 2 is 1.65 bits per heavy atom. The van der Waals surface area contributed by atoms with Gasteiger partial charge in [-0.25, -0.2) is 4.90 Å². The van der Waals surface area contributed by atoms with Crippen molar-refractivity contribution in [1.29, 1.82) is 0 Å².